The standard InChI is InChI=1S/C13H16ClN/c1-13(2,3)11-6-7-12(15)10(9-11)5-4-8-14/h6-7,9H,8,15H2,1-3H3. The minimum atomic E-state index is 0.116. The Morgan fingerprint density at radius 3 is 2.53 bits per heavy atom. The Labute approximate surface area is 96.6 Å². The Kier molecular flexibility index (Phi) is 3.66. The fraction of sp³-hybridized carbons (Fsp3) is 0.385. The summed E-state index contributed by atoms with van der Waals surface area (Å²) in [5, 5.41) is 0. The molecule has 0 spiro atoms. The summed E-state index contributed by atoms with van der Waals surface area (Å²) >= 11 is 5.52. The maximum Gasteiger partial charge on any atom is 0.0839 e. The Morgan fingerprint density at radius 2 is 2.00 bits per heavy atom. The van der Waals surface area contributed by atoms with Crippen LogP contribution in [0.2, 0.25) is 0 Å². The van der Waals surface area contributed by atoms with Crippen LogP contribution in [0.1, 0.15) is 31.9 Å². The van der Waals surface area contributed by atoms with Gasteiger partial charge in [0.05, 0.1) is 5.88 Å². The summed E-state index contributed by atoms with van der Waals surface area (Å²) < 4.78 is 0. The Balaban J connectivity index is 3.17. The molecule has 0 saturated carbocycles. The molecule has 80 valence electrons. The van der Waals surface area contributed by atoms with Gasteiger partial charge in [-0.2, -0.15) is 0 Å². The normalized spacial score (nSPS) is 10.7. The second kappa shape index (κ2) is 4.59. The van der Waals surface area contributed by atoms with Gasteiger partial charge in [-0.05, 0) is 23.1 Å². The summed E-state index contributed by atoms with van der Waals surface area (Å²) in [6, 6.07) is 5.98. The first kappa shape index (κ1) is 11.9. The third-order valence-corrected chi connectivity index (χ3v) is 2.34. The number of hydrogen-bond acceptors (Lipinski definition) is 1. The van der Waals surface area contributed by atoms with E-state index in [-0.39, 0.29) is 5.41 Å². The fourth-order valence-corrected chi connectivity index (χ4v) is 1.33. The Hall–Kier alpha value is -1.13. The molecule has 0 bridgehead atoms. The van der Waals surface area contributed by atoms with E-state index in [0.29, 0.717) is 11.6 Å². The summed E-state index contributed by atoms with van der Waals surface area (Å²) in [6.45, 7) is 6.49. The Morgan fingerprint density at radius 1 is 1.33 bits per heavy atom. The lowest BCUT2D eigenvalue weighted by molar-refractivity contribution is 0.590. The van der Waals surface area contributed by atoms with Crippen LogP contribution < -0.4 is 5.73 Å². The van der Waals surface area contributed by atoms with Gasteiger partial charge in [0.25, 0.3) is 0 Å². The second-order valence-corrected chi connectivity index (χ2v) is 4.75. The highest BCUT2D eigenvalue weighted by molar-refractivity contribution is 6.19. The van der Waals surface area contributed by atoms with Gasteiger partial charge >= 0.3 is 0 Å². The van der Waals surface area contributed by atoms with Crippen molar-refractivity contribution < 1.29 is 0 Å². The van der Waals surface area contributed by atoms with Crippen LogP contribution in [0.25, 0.3) is 0 Å². The number of hydrogen-bond donors (Lipinski definition) is 1. The van der Waals surface area contributed by atoms with Crippen LogP contribution in [-0.2, 0) is 5.41 Å². The molecule has 2 N–H and O–H groups in total. The van der Waals surface area contributed by atoms with Crippen LogP contribution in [-0.4, -0.2) is 5.88 Å². The van der Waals surface area contributed by atoms with Crippen LogP contribution in [0.3, 0.4) is 0 Å². The molecule has 0 fully saturated rings. The lowest BCUT2D eigenvalue weighted by Gasteiger charge is -2.19. The molecule has 2 heteroatoms. The van der Waals surface area contributed by atoms with Crippen LogP contribution in [0, 0.1) is 11.8 Å². The van der Waals surface area contributed by atoms with E-state index >= 15 is 0 Å². The van der Waals surface area contributed by atoms with Gasteiger partial charge in [0, 0.05) is 11.3 Å². The quantitative estimate of drug-likeness (QED) is 0.407. The molecular formula is C13H16ClN. The summed E-state index contributed by atoms with van der Waals surface area (Å²) in [5.74, 6) is 6.12. The molecule has 0 unspecified atom stereocenters. The van der Waals surface area contributed by atoms with E-state index in [1.165, 1.54) is 5.56 Å². The zero-order valence-corrected chi connectivity index (χ0v) is 10.2. The minimum Gasteiger partial charge on any atom is -0.398 e. The number of nitrogens with two attached hydrogens (primary N) is 1. The fourth-order valence-electron chi connectivity index (χ4n) is 1.26. The van der Waals surface area contributed by atoms with Gasteiger partial charge in [0.1, 0.15) is 0 Å². The first-order valence-electron chi connectivity index (χ1n) is 4.90. The van der Waals surface area contributed by atoms with Crippen molar-refractivity contribution in [2.75, 3.05) is 11.6 Å². The van der Waals surface area contributed by atoms with E-state index in [2.05, 4.69) is 32.6 Å². The van der Waals surface area contributed by atoms with Crippen molar-refractivity contribution in [1.29, 1.82) is 0 Å². The van der Waals surface area contributed by atoms with Crippen molar-refractivity contribution in [2.45, 2.75) is 26.2 Å². The SMILES string of the molecule is CC(C)(C)c1ccc(N)c(C#CCCl)c1. The van der Waals surface area contributed by atoms with Gasteiger partial charge in [-0.25, -0.2) is 0 Å². The number of alkyl halides is 1. The summed E-state index contributed by atoms with van der Waals surface area (Å²) in [6.07, 6.45) is 0. The molecule has 0 aliphatic carbocycles. The number of nitrogen functional groups attached to an aromatic ring is 1. The average molecular weight is 222 g/mol. The molecule has 0 atom stereocenters. The molecular weight excluding hydrogens is 206 g/mol. The van der Waals surface area contributed by atoms with E-state index in [9.17, 15) is 0 Å². The largest absolute Gasteiger partial charge is 0.398 e. The molecule has 0 radical (unpaired) electrons. The number of halogens is 1. The lowest BCUT2D eigenvalue weighted by Crippen LogP contribution is -2.11. The van der Waals surface area contributed by atoms with Crippen LogP contribution in [0.15, 0.2) is 18.2 Å². The molecule has 0 amide bonds. The van der Waals surface area contributed by atoms with Crippen molar-refractivity contribution in [1.82, 2.24) is 0 Å². The second-order valence-electron chi connectivity index (χ2n) is 4.49. The number of rotatable bonds is 0. The number of benzene rings is 1. The molecule has 0 aromatic heterocycles. The van der Waals surface area contributed by atoms with Gasteiger partial charge in [-0.1, -0.05) is 38.7 Å². The first-order chi connectivity index (χ1) is 6.95. The smallest absolute Gasteiger partial charge is 0.0839 e. The van der Waals surface area contributed by atoms with Crippen molar-refractivity contribution in [2.24, 2.45) is 0 Å². The van der Waals surface area contributed by atoms with Gasteiger partial charge < -0.3 is 5.73 Å². The molecule has 1 aromatic rings. The van der Waals surface area contributed by atoms with E-state index in [1.807, 2.05) is 18.2 Å². The van der Waals surface area contributed by atoms with Crippen LogP contribution >= 0.6 is 11.6 Å². The predicted molar refractivity (Wildman–Crippen MR) is 67.2 cm³/mol. The van der Waals surface area contributed by atoms with E-state index in [1.54, 1.807) is 0 Å². The summed E-state index contributed by atoms with van der Waals surface area (Å²) in [5.41, 5.74) is 8.75. The van der Waals surface area contributed by atoms with Crippen LogP contribution in [0.4, 0.5) is 5.69 Å². The first-order valence-corrected chi connectivity index (χ1v) is 5.43. The van der Waals surface area contributed by atoms with Crippen molar-refractivity contribution in [3.8, 4) is 11.8 Å². The molecule has 1 nitrogen and oxygen atoms in total. The van der Waals surface area contributed by atoms with Crippen LogP contribution in [0.5, 0.6) is 0 Å². The topological polar surface area (TPSA) is 26.0 Å². The number of anilines is 1. The van der Waals surface area contributed by atoms with Gasteiger partial charge in [0.2, 0.25) is 0 Å². The molecule has 0 aliphatic heterocycles. The highest BCUT2D eigenvalue weighted by atomic mass is 35.5. The van der Waals surface area contributed by atoms with E-state index in [0.717, 1.165) is 5.56 Å². The maximum atomic E-state index is 5.83. The summed E-state index contributed by atoms with van der Waals surface area (Å²) in [7, 11) is 0. The Bertz CT molecular complexity index is 405. The van der Waals surface area contributed by atoms with E-state index < -0.39 is 0 Å². The zero-order chi connectivity index (χ0) is 11.5. The van der Waals surface area contributed by atoms with Crippen molar-refractivity contribution in [3.63, 3.8) is 0 Å². The van der Waals surface area contributed by atoms with Gasteiger partial charge in [-0.15, -0.1) is 11.6 Å². The predicted octanol–water partition coefficient (Wildman–Crippen LogP) is 3.16. The lowest BCUT2D eigenvalue weighted by atomic mass is 9.86. The van der Waals surface area contributed by atoms with Crippen molar-refractivity contribution in [3.05, 3.63) is 29.3 Å². The molecule has 1 aromatic carbocycles. The molecule has 1 rings (SSSR count). The molecule has 0 heterocycles. The average Bonchev–Trinajstić information content (AvgIpc) is 2.15. The molecule has 0 saturated heterocycles. The minimum absolute atomic E-state index is 0.116. The molecule has 15 heavy (non-hydrogen) atoms. The highest BCUT2D eigenvalue weighted by Crippen LogP contribution is 2.25. The highest BCUT2D eigenvalue weighted by Gasteiger charge is 2.14. The zero-order valence-electron chi connectivity index (χ0n) is 9.39. The molecule has 0 aliphatic rings. The third-order valence-electron chi connectivity index (χ3n) is 2.21. The van der Waals surface area contributed by atoms with Gasteiger partial charge in [0.15, 0.2) is 0 Å². The van der Waals surface area contributed by atoms with E-state index in [4.69, 9.17) is 17.3 Å². The summed E-state index contributed by atoms with van der Waals surface area (Å²) in [4.78, 5) is 0. The van der Waals surface area contributed by atoms with Crippen molar-refractivity contribution >= 4 is 17.3 Å². The maximum absolute atomic E-state index is 5.83. The van der Waals surface area contributed by atoms with Gasteiger partial charge in [-0.3, -0.25) is 0 Å². The third kappa shape index (κ3) is 3.18. The monoisotopic (exact) mass is 221 g/mol.